The third kappa shape index (κ3) is 4.07. The summed E-state index contributed by atoms with van der Waals surface area (Å²) in [7, 11) is 0. The summed E-state index contributed by atoms with van der Waals surface area (Å²) in [6, 6.07) is 3.92. The van der Waals surface area contributed by atoms with E-state index >= 15 is 0 Å². The zero-order chi connectivity index (χ0) is 19.4. The number of amides is 6. The van der Waals surface area contributed by atoms with Gasteiger partial charge in [-0.25, -0.2) is 14.0 Å². The maximum atomic E-state index is 13.5. The lowest BCUT2D eigenvalue weighted by Gasteiger charge is -2.24. The minimum absolute atomic E-state index is 0.0878. The van der Waals surface area contributed by atoms with E-state index in [1.807, 2.05) is 5.32 Å². The zero-order valence-electron chi connectivity index (χ0n) is 14.7. The number of para-hydroxylation sites is 1. The average Bonchev–Trinajstić information content (AvgIpc) is 2.79. The Morgan fingerprint density at radius 2 is 1.78 bits per heavy atom. The van der Waals surface area contributed by atoms with Gasteiger partial charge in [0.05, 0.1) is 5.69 Å². The summed E-state index contributed by atoms with van der Waals surface area (Å²) in [5.74, 6) is -1.92. The molecular formula is C18H21FN4O4. The van der Waals surface area contributed by atoms with E-state index in [9.17, 15) is 23.6 Å². The van der Waals surface area contributed by atoms with Crippen molar-refractivity contribution in [3.8, 4) is 0 Å². The summed E-state index contributed by atoms with van der Waals surface area (Å²) in [4.78, 5) is 49.7. The third-order valence-electron chi connectivity index (χ3n) is 4.88. The van der Waals surface area contributed by atoms with Crippen LogP contribution in [0.3, 0.4) is 0 Å². The molecule has 1 saturated carbocycles. The molecule has 27 heavy (non-hydrogen) atoms. The molecule has 3 rings (SSSR count). The van der Waals surface area contributed by atoms with Gasteiger partial charge in [-0.15, -0.1) is 0 Å². The number of benzene rings is 1. The van der Waals surface area contributed by atoms with Crippen LogP contribution in [0.15, 0.2) is 24.3 Å². The van der Waals surface area contributed by atoms with Crippen LogP contribution in [0.2, 0.25) is 0 Å². The molecule has 2 fully saturated rings. The summed E-state index contributed by atoms with van der Waals surface area (Å²) in [6.45, 7) is -0.572. The van der Waals surface area contributed by atoms with Crippen LogP contribution in [-0.4, -0.2) is 40.9 Å². The van der Waals surface area contributed by atoms with Crippen molar-refractivity contribution < 1.29 is 23.6 Å². The molecule has 1 aromatic carbocycles. The molecule has 0 radical (unpaired) electrons. The monoisotopic (exact) mass is 376 g/mol. The van der Waals surface area contributed by atoms with Gasteiger partial charge in [0, 0.05) is 0 Å². The second-order valence-corrected chi connectivity index (χ2v) is 6.80. The molecule has 0 atom stereocenters. The predicted molar refractivity (Wildman–Crippen MR) is 94.2 cm³/mol. The SMILES string of the molecule is O=C(CN1C(=O)NC2(CCCCCC2)C1=O)NC(=O)Nc1ccccc1F. The Bertz CT molecular complexity index is 774. The van der Waals surface area contributed by atoms with Gasteiger partial charge >= 0.3 is 12.1 Å². The number of imide groups is 2. The second-order valence-electron chi connectivity index (χ2n) is 6.80. The van der Waals surface area contributed by atoms with Gasteiger partial charge in [-0.3, -0.25) is 19.8 Å². The Hall–Kier alpha value is -2.97. The van der Waals surface area contributed by atoms with E-state index in [4.69, 9.17) is 0 Å². The first-order chi connectivity index (χ1) is 12.9. The number of hydrogen-bond donors (Lipinski definition) is 3. The molecule has 1 heterocycles. The van der Waals surface area contributed by atoms with Crippen molar-refractivity contribution in [1.29, 1.82) is 0 Å². The molecule has 144 valence electrons. The standard InChI is InChI=1S/C18H21FN4O4/c19-12-7-3-4-8-13(12)20-16(26)21-14(24)11-23-15(25)18(22-17(23)27)9-5-1-2-6-10-18/h3-4,7-8H,1-2,5-6,9-11H2,(H,22,27)(H2,20,21,24,26). The summed E-state index contributed by atoms with van der Waals surface area (Å²) >= 11 is 0. The van der Waals surface area contributed by atoms with Crippen LogP contribution in [0.1, 0.15) is 38.5 Å². The van der Waals surface area contributed by atoms with Crippen LogP contribution in [0.25, 0.3) is 0 Å². The van der Waals surface area contributed by atoms with E-state index in [0.717, 1.165) is 36.6 Å². The fourth-order valence-electron chi connectivity index (χ4n) is 3.52. The number of nitrogens with zero attached hydrogens (tertiary/aromatic N) is 1. The van der Waals surface area contributed by atoms with E-state index in [1.54, 1.807) is 0 Å². The lowest BCUT2D eigenvalue weighted by molar-refractivity contribution is -0.135. The number of nitrogens with one attached hydrogen (secondary N) is 3. The van der Waals surface area contributed by atoms with Crippen molar-refractivity contribution >= 4 is 29.6 Å². The maximum Gasteiger partial charge on any atom is 0.326 e. The van der Waals surface area contributed by atoms with Crippen molar-refractivity contribution in [1.82, 2.24) is 15.5 Å². The van der Waals surface area contributed by atoms with Crippen LogP contribution in [0, 0.1) is 5.82 Å². The molecule has 0 unspecified atom stereocenters. The number of hydrogen-bond acceptors (Lipinski definition) is 4. The summed E-state index contributed by atoms with van der Waals surface area (Å²) < 4.78 is 13.5. The Balaban J connectivity index is 1.59. The van der Waals surface area contributed by atoms with Gasteiger partial charge in [0.2, 0.25) is 5.91 Å². The summed E-state index contributed by atoms with van der Waals surface area (Å²) in [5.41, 5.74) is -1.03. The Kier molecular flexibility index (Phi) is 5.38. The van der Waals surface area contributed by atoms with E-state index in [1.165, 1.54) is 18.2 Å². The Labute approximate surface area is 155 Å². The first-order valence-electron chi connectivity index (χ1n) is 8.91. The minimum Gasteiger partial charge on any atom is -0.323 e. The quantitative estimate of drug-likeness (QED) is 0.702. The lowest BCUT2D eigenvalue weighted by atomic mass is 9.90. The number of anilines is 1. The van der Waals surface area contributed by atoms with Gasteiger partial charge in [0.1, 0.15) is 17.9 Å². The molecule has 3 N–H and O–H groups in total. The topological polar surface area (TPSA) is 108 Å². The van der Waals surface area contributed by atoms with Crippen LogP contribution < -0.4 is 16.0 Å². The third-order valence-corrected chi connectivity index (χ3v) is 4.88. The zero-order valence-corrected chi connectivity index (χ0v) is 14.7. The Morgan fingerprint density at radius 1 is 1.11 bits per heavy atom. The predicted octanol–water partition coefficient (Wildman–Crippen LogP) is 2.12. The van der Waals surface area contributed by atoms with Gasteiger partial charge < -0.3 is 10.6 Å². The molecular weight excluding hydrogens is 355 g/mol. The molecule has 1 aliphatic carbocycles. The van der Waals surface area contributed by atoms with Gasteiger partial charge in [0.25, 0.3) is 5.91 Å². The van der Waals surface area contributed by atoms with Crippen molar-refractivity contribution in [2.75, 3.05) is 11.9 Å². The van der Waals surface area contributed by atoms with Crippen LogP contribution in [-0.2, 0) is 9.59 Å². The normalized spacial score (nSPS) is 18.8. The van der Waals surface area contributed by atoms with Gasteiger partial charge in [-0.1, -0.05) is 37.8 Å². The molecule has 1 aliphatic heterocycles. The number of urea groups is 2. The molecule has 6 amide bonds. The number of rotatable bonds is 3. The fraction of sp³-hybridized carbons (Fsp3) is 0.444. The molecule has 8 nitrogen and oxygen atoms in total. The average molecular weight is 376 g/mol. The highest BCUT2D eigenvalue weighted by atomic mass is 19.1. The lowest BCUT2D eigenvalue weighted by Crippen LogP contribution is -2.48. The fourth-order valence-corrected chi connectivity index (χ4v) is 3.52. The summed E-state index contributed by atoms with van der Waals surface area (Å²) in [6.07, 6.45) is 4.75. The van der Waals surface area contributed by atoms with Crippen molar-refractivity contribution in [2.24, 2.45) is 0 Å². The highest BCUT2D eigenvalue weighted by Crippen LogP contribution is 2.32. The maximum absolute atomic E-state index is 13.5. The van der Waals surface area contributed by atoms with Crippen molar-refractivity contribution in [3.05, 3.63) is 30.1 Å². The van der Waals surface area contributed by atoms with E-state index < -0.39 is 41.8 Å². The smallest absolute Gasteiger partial charge is 0.323 e. The van der Waals surface area contributed by atoms with Crippen LogP contribution in [0.4, 0.5) is 19.7 Å². The molecule has 9 heteroatoms. The number of halogens is 1. The number of carbonyl (C=O) groups excluding carboxylic acids is 4. The van der Waals surface area contributed by atoms with Crippen LogP contribution in [0.5, 0.6) is 0 Å². The highest BCUT2D eigenvalue weighted by Gasteiger charge is 2.51. The largest absolute Gasteiger partial charge is 0.326 e. The van der Waals surface area contributed by atoms with E-state index in [-0.39, 0.29) is 5.69 Å². The molecule has 2 aliphatic rings. The first-order valence-corrected chi connectivity index (χ1v) is 8.91. The van der Waals surface area contributed by atoms with Crippen molar-refractivity contribution in [2.45, 2.75) is 44.1 Å². The van der Waals surface area contributed by atoms with Gasteiger partial charge in [0.15, 0.2) is 0 Å². The molecule has 0 aromatic heterocycles. The first kappa shape index (κ1) is 18.8. The second kappa shape index (κ2) is 7.73. The molecule has 1 saturated heterocycles. The minimum atomic E-state index is -0.943. The molecule has 1 aromatic rings. The van der Waals surface area contributed by atoms with E-state index in [2.05, 4.69) is 10.6 Å². The highest BCUT2D eigenvalue weighted by molar-refractivity contribution is 6.10. The van der Waals surface area contributed by atoms with Crippen LogP contribution >= 0.6 is 0 Å². The molecule has 0 bridgehead atoms. The summed E-state index contributed by atoms with van der Waals surface area (Å²) in [5, 5.41) is 6.92. The van der Waals surface area contributed by atoms with E-state index in [0.29, 0.717) is 12.8 Å². The van der Waals surface area contributed by atoms with Crippen molar-refractivity contribution in [3.63, 3.8) is 0 Å². The number of carbonyl (C=O) groups is 4. The van der Waals surface area contributed by atoms with Gasteiger partial charge in [-0.2, -0.15) is 0 Å². The van der Waals surface area contributed by atoms with Gasteiger partial charge in [-0.05, 0) is 25.0 Å². The molecule has 1 spiro atoms. The Morgan fingerprint density at radius 3 is 2.44 bits per heavy atom.